The van der Waals surface area contributed by atoms with Gasteiger partial charge in [-0.15, -0.1) is 35.7 Å². The maximum atomic E-state index is 4.20. The van der Waals surface area contributed by atoms with Crippen LogP contribution >= 0.6 is 35.7 Å². The van der Waals surface area contributed by atoms with E-state index in [1.807, 2.05) is 18.8 Å². The fourth-order valence-corrected chi connectivity index (χ4v) is 2.46. The van der Waals surface area contributed by atoms with Gasteiger partial charge >= 0.3 is 0 Å². The molecule has 0 unspecified atom stereocenters. The van der Waals surface area contributed by atoms with Gasteiger partial charge in [-0.2, -0.15) is 0 Å². The third kappa shape index (κ3) is 9.47. The van der Waals surface area contributed by atoms with Crippen molar-refractivity contribution in [2.45, 2.75) is 31.1 Å². The van der Waals surface area contributed by atoms with Gasteiger partial charge in [-0.1, -0.05) is 31.5 Å². The van der Waals surface area contributed by atoms with Crippen LogP contribution in [0.3, 0.4) is 0 Å². The SMILES string of the molecule is CCCCNC(=NC)NCCCSc1ccccc1.I. The van der Waals surface area contributed by atoms with Crippen molar-refractivity contribution >= 4 is 41.7 Å². The largest absolute Gasteiger partial charge is 0.356 e. The molecule has 0 aromatic heterocycles. The standard InChI is InChI=1S/C15H25N3S.HI/c1-3-4-11-17-15(16-2)18-12-8-13-19-14-9-6-5-7-10-14;/h5-7,9-10H,3-4,8,11-13H2,1-2H3,(H2,16,17,18);1H. The first-order valence-corrected chi connectivity index (χ1v) is 7.97. The summed E-state index contributed by atoms with van der Waals surface area (Å²) in [6.45, 7) is 4.15. The normalized spacial score (nSPS) is 10.8. The molecule has 20 heavy (non-hydrogen) atoms. The maximum absolute atomic E-state index is 4.20. The summed E-state index contributed by atoms with van der Waals surface area (Å²) in [5.74, 6) is 2.04. The van der Waals surface area contributed by atoms with Crippen LogP contribution in [-0.4, -0.2) is 31.8 Å². The van der Waals surface area contributed by atoms with E-state index in [0.717, 1.165) is 31.2 Å². The number of halogens is 1. The summed E-state index contributed by atoms with van der Waals surface area (Å²) in [7, 11) is 1.82. The Morgan fingerprint density at radius 2 is 1.75 bits per heavy atom. The van der Waals surface area contributed by atoms with Crippen LogP contribution in [0.5, 0.6) is 0 Å². The summed E-state index contributed by atoms with van der Waals surface area (Å²) in [5.41, 5.74) is 0. The molecule has 1 aromatic carbocycles. The van der Waals surface area contributed by atoms with Gasteiger partial charge in [-0.05, 0) is 30.7 Å². The molecule has 0 heterocycles. The maximum Gasteiger partial charge on any atom is 0.190 e. The predicted octanol–water partition coefficient (Wildman–Crippen LogP) is 3.75. The van der Waals surface area contributed by atoms with Crippen LogP contribution in [-0.2, 0) is 0 Å². The number of thioether (sulfide) groups is 1. The molecule has 1 rings (SSSR count). The number of unbranched alkanes of at least 4 members (excludes halogenated alkanes) is 1. The van der Waals surface area contributed by atoms with E-state index in [1.165, 1.54) is 17.7 Å². The third-order valence-corrected chi connectivity index (χ3v) is 3.77. The lowest BCUT2D eigenvalue weighted by Gasteiger charge is -2.11. The Kier molecular flexibility index (Phi) is 13.3. The minimum Gasteiger partial charge on any atom is -0.356 e. The number of benzene rings is 1. The highest BCUT2D eigenvalue weighted by Crippen LogP contribution is 2.17. The number of hydrogen-bond donors (Lipinski definition) is 2. The van der Waals surface area contributed by atoms with Crippen LogP contribution in [0.4, 0.5) is 0 Å². The fourth-order valence-electron chi connectivity index (χ4n) is 1.59. The minimum absolute atomic E-state index is 0. The molecule has 0 fully saturated rings. The Morgan fingerprint density at radius 3 is 2.35 bits per heavy atom. The van der Waals surface area contributed by atoms with E-state index in [9.17, 15) is 0 Å². The smallest absolute Gasteiger partial charge is 0.190 e. The van der Waals surface area contributed by atoms with Gasteiger partial charge in [0.05, 0.1) is 0 Å². The van der Waals surface area contributed by atoms with Crippen LogP contribution in [0.2, 0.25) is 0 Å². The van der Waals surface area contributed by atoms with Crippen molar-refractivity contribution in [3.05, 3.63) is 30.3 Å². The molecular weight excluding hydrogens is 381 g/mol. The van der Waals surface area contributed by atoms with Crippen molar-refractivity contribution in [3.63, 3.8) is 0 Å². The molecule has 2 N–H and O–H groups in total. The molecule has 0 radical (unpaired) electrons. The molecule has 5 heteroatoms. The summed E-state index contributed by atoms with van der Waals surface area (Å²) < 4.78 is 0. The molecule has 0 aliphatic heterocycles. The first-order chi connectivity index (χ1) is 9.36. The molecule has 0 bridgehead atoms. The highest BCUT2D eigenvalue weighted by atomic mass is 127. The van der Waals surface area contributed by atoms with Gasteiger partial charge in [0.25, 0.3) is 0 Å². The molecule has 1 aromatic rings. The van der Waals surface area contributed by atoms with Crippen LogP contribution < -0.4 is 10.6 Å². The van der Waals surface area contributed by atoms with Gasteiger partial charge < -0.3 is 10.6 Å². The summed E-state index contributed by atoms with van der Waals surface area (Å²) in [4.78, 5) is 5.54. The van der Waals surface area contributed by atoms with E-state index in [-0.39, 0.29) is 24.0 Å². The lowest BCUT2D eigenvalue weighted by atomic mass is 10.3. The van der Waals surface area contributed by atoms with Gasteiger partial charge in [0, 0.05) is 25.0 Å². The highest BCUT2D eigenvalue weighted by Gasteiger charge is 1.96. The molecule has 3 nitrogen and oxygen atoms in total. The summed E-state index contributed by atoms with van der Waals surface area (Å²) in [6.07, 6.45) is 3.52. The summed E-state index contributed by atoms with van der Waals surface area (Å²) >= 11 is 1.90. The average Bonchev–Trinajstić information content (AvgIpc) is 2.46. The molecule has 0 aliphatic rings. The second-order valence-electron chi connectivity index (χ2n) is 4.29. The Hall–Kier alpha value is -0.430. The lowest BCUT2D eigenvalue weighted by Crippen LogP contribution is -2.38. The Morgan fingerprint density at radius 1 is 1.10 bits per heavy atom. The Labute approximate surface area is 144 Å². The fraction of sp³-hybridized carbons (Fsp3) is 0.533. The van der Waals surface area contributed by atoms with Gasteiger partial charge in [0.1, 0.15) is 0 Å². The van der Waals surface area contributed by atoms with Crippen LogP contribution in [0.25, 0.3) is 0 Å². The van der Waals surface area contributed by atoms with E-state index < -0.39 is 0 Å². The Balaban J connectivity index is 0.00000361. The molecule has 0 aliphatic carbocycles. The van der Waals surface area contributed by atoms with Gasteiger partial charge in [0.2, 0.25) is 0 Å². The average molecular weight is 407 g/mol. The van der Waals surface area contributed by atoms with Crippen LogP contribution in [0.15, 0.2) is 40.2 Å². The molecular formula is C15H26IN3S. The molecule has 114 valence electrons. The molecule has 0 spiro atoms. The van der Waals surface area contributed by atoms with Crippen molar-refractivity contribution in [1.29, 1.82) is 0 Å². The van der Waals surface area contributed by atoms with E-state index in [1.54, 1.807) is 0 Å². The van der Waals surface area contributed by atoms with Gasteiger partial charge in [0.15, 0.2) is 5.96 Å². The molecule has 0 saturated carbocycles. The van der Waals surface area contributed by atoms with E-state index >= 15 is 0 Å². The number of nitrogens with one attached hydrogen (secondary N) is 2. The predicted molar refractivity (Wildman–Crippen MR) is 101 cm³/mol. The Bertz CT molecular complexity index is 357. The highest BCUT2D eigenvalue weighted by molar-refractivity contribution is 14.0. The van der Waals surface area contributed by atoms with E-state index in [4.69, 9.17) is 0 Å². The zero-order chi connectivity index (χ0) is 13.8. The van der Waals surface area contributed by atoms with E-state index in [2.05, 4.69) is 52.9 Å². The number of guanidine groups is 1. The topological polar surface area (TPSA) is 36.4 Å². The second kappa shape index (κ2) is 13.5. The number of nitrogens with zero attached hydrogens (tertiary/aromatic N) is 1. The minimum atomic E-state index is 0. The monoisotopic (exact) mass is 407 g/mol. The number of hydrogen-bond acceptors (Lipinski definition) is 2. The zero-order valence-corrected chi connectivity index (χ0v) is 15.5. The van der Waals surface area contributed by atoms with Crippen molar-refractivity contribution in [2.24, 2.45) is 4.99 Å². The van der Waals surface area contributed by atoms with Crippen molar-refractivity contribution in [3.8, 4) is 0 Å². The summed E-state index contributed by atoms with van der Waals surface area (Å²) in [6, 6.07) is 10.5. The van der Waals surface area contributed by atoms with Crippen molar-refractivity contribution < 1.29 is 0 Å². The third-order valence-electron chi connectivity index (χ3n) is 2.67. The lowest BCUT2D eigenvalue weighted by molar-refractivity contribution is 0.724. The quantitative estimate of drug-likeness (QED) is 0.227. The van der Waals surface area contributed by atoms with Crippen LogP contribution in [0.1, 0.15) is 26.2 Å². The van der Waals surface area contributed by atoms with Gasteiger partial charge in [-0.25, -0.2) is 0 Å². The van der Waals surface area contributed by atoms with Crippen LogP contribution in [0, 0.1) is 0 Å². The first kappa shape index (κ1) is 19.6. The molecule has 0 amide bonds. The van der Waals surface area contributed by atoms with Crippen molar-refractivity contribution in [2.75, 3.05) is 25.9 Å². The van der Waals surface area contributed by atoms with Gasteiger partial charge in [-0.3, -0.25) is 4.99 Å². The second-order valence-corrected chi connectivity index (χ2v) is 5.46. The molecule has 0 atom stereocenters. The first-order valence-electron chi connectivity index (χ1n) is 6.99. The number of rotatable bonds is 8. The van der Waals surface area contributed by atoms with E-state index in [0.29, 0.717) is 0 Å². The van der Waals surface area contributed by atoms with Crippen molar-refractivity contribution in [1.82, 2.24) is 10.6 Å². The molecule has 0 saturated heterocycles. The zero-order valence-electron chi connectivity index (χ0n) is 12.4. The number of aliphatic imine (C=N–C) groups is 1. The summed E-state index contributed by atoms with van der Waals surface area (Å²) in [5, 5.41) is 6.65.